The number of benzene rings is 2. The minimum absolute atomic E-state index is 0.0910. The lowest BCUT2D eigenvalue weighted by molar-refractivity contribution is 0.129. The molecule has 0 aliphatic carbocycles. The molecular formula is C24H18N4O2. The summed E-state index contributed by atoms with van der Waals surface area (Å²) in [6, 6.07) is 23.3. The summed E-state index contributed by atoms with van der Waals surface area (Å²) in [5.41, 5.74) is 4.75. The van der Waals surface area contributed by atoms with E-state index in [4.69, 9.17) is 9.82 Å². The quantitative estimate of drug-likeness (QED) is 0.323. The van der Waals surface area contributed by atoms with E-state index in [0.717, 1.165) is 38.8 Å². The van der Waals surface area contributed by atoms with Crippen LogP contribution < -0.4 is 0 Å². The summed E-state index contributed by atoms with van der Waals surface area (Å²) in [6.07, 6.45) is 3.35. The fourth-order valence-corrected chi connectivity index (χ4v) is 3.43. The molecule has 2 N–H and O–H groups in total. The number of aromatic nitrogens is 3. The number of oxime groups is 1. The molecule has 0 unspecified atom stereocenters. The molecule has 0 bridgehead atoms. The van der Waals surface area contributed by atoms with Crippen molar-refractivity contribution in [3.63, 3.8) is 0 Å². The number of H-pyrrole nitrogens is 1. The number of aromatic hydroxyl groups is 1. The van der Waals surface area contributed by atoms with Gasteiger partial charge >= 0.3 is 0 Å². The minimum atomic E-state index is 0.0910. The van der Waals surface area contributed by atoms with Gasteiger partial charge in [-0.3, -0.25) is 4.98 Å². The van der Waals surface area contributed by atoms with Crippen molar-refractivity contribution in [3.05, 3.63) is 90.3 Å². The third-order valence-electron chi connectivity index (χ3n) is 4.87. The van der Waals surface area contributed by atoms with Gasteiger partial charge in [0, 0.05) is 22.5 Å². The number of hydrogen-bond acceptors (Lipinski definition) is 5. The van der Waals surface area contributed by atoms with Crippen molar-refractivity contribution in [2.24, 2.45) is 5.16 Å². The first kappa shape index (κ1) is 17.9. The molecule has 30 heavy (non-hydrogen) atoms. The molecule has 0 radical (unpaired) electrons. The Kier molecular flexibility index (Phi) is 4.57. The van der Waals surface area contributed by atoms with E-state index in [0.29, 0.717) is 12.2 Å². The Morgan fingerprint density at radius 2 is 1.90 bits per heavy atom. The van der Waals surface area contributed by atoms with Gasteiger partial charge in [0.2, 0.25) is 0 Å². The molecule has 0 saturated carbocycles. The highest BCUT2D eigenvalue weighted by Crippen LogP contribution is 2.36. The van der Waals surface area contributed by atoms with Gasteiger partial charge in [-0.25, -0.2) is 4.98 Å². The first-order chi connectivity index (χ1) is 14.8. The second-order valence-electron chi connectivity index (χ2n) is 6.87. The Morgan fingerprint density at radius 3 is 2.80 bits per heavy atom. The molecule has 3 heterocycles. The lowest BCUT2D eigenvalue weighted by Gasteiger charge is -2.03. The summed E-state index contributed by atoms with van der Waals surface area (Å²) < 4.78 is 0. The standard InChI is InChI=1S/C24H18N4O2/c29-24-23(21-11-9-17-5-1-2-7-20(17)27-21)19-10-8-16(13-22(19)28-24)14-26-30-15-18-6-3-4-12-25-18/h1-14,28-29H,15H2/b26-14-. The summed E-state index contributed by atoms with van der Waals surface area (Å²) in [5.74, 6) is 0.0910. The number of rotatable bonds is 5. The predicted molar refractivity (Wildman–Crippen MR) is 117 cm³/mol. The molecule has 2 aromatic carbocycles. The topological polar surface area (TPSA) is 83.4 Å². The van der Waals surface area contributed by atoms with Gasteiger partial charge in [-0.05, 0) is 35.9 Å². The van der Waals surface area contributed by atoms with E-state index >= 15 is 0 Å². The Morgan fingerprint density at radius 1 is 1.00 bits per heavy atom. The van der Waals surface area contributed by atoms with Crippen LogP contribution in [0.5, 0.6) is 5.88 Å². The maximum absolute atomic E-state index is 10.5. The minimum Gasteiger partial charge on any atom is -0.494 e. The Hall–Kier alpha value is -4.19. The second kappa shape index (κ2) is 7.67. The average molecular weight is 394 g/mol. The van der Waals surface area contributed by atoms with Crippen LogP contribution in [0.25, 0.3) is 33.1 Å². The smallest absolute Gasteiger partial charge is 0.199 e. The van der Waals surface area contributed by atoms with Gasteiger partial charge in [0.05, 0.1) is 28.7 Å². The number of hydrogen-bond donors (Lipinski definition) is 2. The Bertz CT molecular complexity index is 1360. The number of aromatic amines is 1. The maximum Gasteiger partial charge on any atom is 0.199 e. The summed E-state index contributed by atoms with van der Waals surface area (Å²) in [7, 11) is 0. The van der Waals surface area contributed by atoms with E-state index in [2.05, 4.69) is 15.1 Å². The van der Waals surface area contributed by atoms with Crippen molar-refractivity contribution in [2.75, 3.05) is 0 Å². The zero-order valence-corrected chi connectivity index (χ0v) is 16.0. The van der Waals surface area contributed by atoms with Crippen molar-refractivity contribution in [2.45, 2.75) is 6.61 Å². The zero-order valence-electron chi connectivity index (χ0n) is 16.0. The molecule has 0 saturated heterocycles. The number of pyridine rings is 2. The largest absolute Gasteiger partial charge is 0.494 e. The molecule has 0 amide bonds. The SMILES string of the molecule is Oc1[nH]c2cc(/C=N\OCc3ccccn3)ccc2c1-c1ccc2ccccc2n1. The summed E-state index contributed by atoms with van der Waals surface area (Å²) in [6.45, 7) is 0.306. The monoisotopic (exact) mass is 394 g/mol. The number of fused-ring (bicyclic) bond motifs is 2. The lowest BCUT2D eigenvalue weighted by Crippen LogP contribution is -1.91. The highest BCUT2D eigenvalue weighted by Gasteiger charge is 2.14. The fraction of sp³-hybridized carbons (Fsp3) is 0.0417. The first-order valence-corrected chi connectivity index (χ1v) is 9.54. The van der Waals surface area contributed by atoms with Gasteiger partial charge in [0.1, 0.15) is 0 Å². The lowest BCUT2D eigenvalue weighted by atomic mass is 10.1. The fourth-order valence-electron chi connectivity index (χ4n) is 3.43. The van der Waals surface area contributed by atoms with Crippen LogP contribution in [-0.2, 0) is 11.4 Å². The van der Waals surface area contributed by atoms with Crippen LogP contribution in [0.4, 0.5) is 0 Å². The van der Waals surface area contributed by atoms with Gasteiger partial charge < -0.3 is 14.9 Å². The molecular weight excluding hydrogens is 376 g/mol. The van der Waals surface area contributed by atoms with Gasteiger partial charge in [-0.2, -0.15) is 0 Å². The number of para-hydroxylation sites is 1. The van der Waals surface area contributed by atoms with Gasteiger partial charge in [-0.1, -0.05) is 47.6 Å². The predicted octanol–water partition coefficient (Wildman–Crippen LogP) is 5.03. The molecule has 146 valence electrons. The third-order valence-corrected chi connectivity index (χ3v) is 4.87. The van der Waals surface area contributed by atoms with E-state index in [1.54, 1.807) is 12.4 Å². The van der Waals surface area contributed by atoms with Crippen LogP contribution in [0.2, 0.25) is 0 Å². The van der Waals surface area contributed by atoms with Gasteiger partial charge in [0.25, 0.3) is 0 Å². The molecule has 0 spiro atoms. The van der Waals surface area contributed by atoms with Crippen LogP contribution in [0.15, 0.2) is 84.1 Å². The molecule has 3 aromatic heterocycles. The molecule has 6 nitrogen and oxygen atoms in total. The van der Waals surface area contributed by atoms with Crippen molar-refractivity contribution in [1.29, 1.82) is 0 Å². The number of nitrogens with one attached hydrogen (secondary N) is 1. The van der Waals surface area contributed by atoms with Gasteiger partial charge in [0.15, 0.2) is 12.5 Å². The Balaban J connectivity index is 1.41. The molecule has 0 aliphatic heterocycles. The molecule has 6 heteroatoms. The van der Waals surface area contributed by atoms with E-state index < -0.39 is 0 Å². The van der Waals surface area contributed by atoms with E-state index in [9.17, 15) is 5.11 Å². The zero-order chi connectivity index (χ0) is 20.3. The summed E-state index contributed by atoms with van der Waals surface area (Å²) >= 11 is 0. The molecule has 5 aromatic rings. The van der Waals surface area contributed by atoms with Crippen LogP contribution in [-0.4, -0.2) is 26.3 Å². The second-order valence-corrected chi connectivity index (χ2v) is 6.87. The highest BCUT2D eigenvalue weighted by molar-refractivity contribution is 6.01. The van der Waals surface area contributed by atoms with Crippen molar-refractivity contribution in [3.8, 4) is 17.1 Å². The van der Waals surface area contributed by atoms with Crippen LogP contribution in [0.3, 0.4) is 0 Å². The normalized spacial score (nSPS) is 11.5. The third kappa shape index (κ3) is 3.46. The average Bonchev–Trinajstić information content (AvgIpc) is 3.12. The molecule has 0 atom stereocenters. The maximum atomic E-state index is 10.5. The molecule has 5 rings (SSSR count). The highest BCUT2D eigenvalue weighted by atomic mass is 16.6. The molecule has 0 fully saturated rings. The van der Waals surface area contributed by atoms with Crippen molar-refractivity contribution < 1.29 is 9.94 Å². The van der Waals surface area contributed by atoms with Gasteiger partial charge in [-0.15, -0.1) is 0 Å². The van der Waals surface area contributed by atoms with Crippen LogP contribution in [0.1, 0.15) is 11.3 Å². The number of nitrogens with zero attached hydrogens (tertiary/aromatic N) is 3. The summed E-state index contributed by atoms with van der Waals surface area (Å²) in [4.78, 5) is 17.2. The first-order valence-electron chi connectivity index (χ1n) is 9.54. The van der Waals surface area contributed by atoms with Crippen LogP contribution >= 0.6 is 0 Å². The van der Waals surface area contributed by atoms with E-state index in [-0.39, 0.29) is 5.88 Å². The van der Waals surface area contributed by atoms with Crippen LogP contribution in [0, 0.1) is 0 Å². The van der Waals surface area contributed by atoms with Crippen molar-refractivity contribution >= 4 is 28.0 Å². The molecule has 0 aliphatic rings. The van der Waals surface area contributed by atoms with E-state index in [1.807, 2.05) is 72.8 Å². The summed E-state index contributed by atoms with van der Waals surface area (Å²) in [5, 5.41) is 16.5. The Labute approximate surface area is 172 Å². The van der Waals surface area contributed by atoms with Crippen molar-refractivity contribution in [1.82, 2.24) is 15.0 Å². The van der Waals surface area contributed by atoms with E-state index in [1.165, 1.54) is 0 Å².